The number of imidazole rings is 1. The minimum absolute atomic E-state index is 0.199. The minimum atomic E-state index is -4.33. The summed E-state index contributed by atoms with van der Waals surface area (Å²) in [7, 11) is 0. The first-order valence-corrected chi connectivity index (χ1v) is 6.74. The number of halogens is 3. The Morgan fingerprint density at radius 2 is 1.81 bits per heavy atom. The van der Waals surface area contributed by atoms with Crippen LogP contribution in [0, 0.1) is 5.92 Å². The van der Waals surface area contributed by atoms with E-state index in [0.29, 0.717) is 11.6 Å². The number of hydrogen-bond acceptors (Lipinski definition) is 2. The van der Waals surface area contributed by atoms with Crippen molar-refractivity contribution in [3.63, 3.8) is 0 Å². The molecule has 114 valence electrons. The summed E-state index contributed by atoms with van der Waals surface area (Å²) in [4.78, 5) is 4.06. The molecular formula is C15H18F3N3. The zero-order chi connectivity index (χ0) is 15.6. The first-order chi connectivity index (χ1) is 9.79. The SMILES string of the molecule is CC(C)CC(N)c1cncn1-c1ccc(C(F)(F)F)cc1. The lowest BCUT2D eigenvalue weighted by Crippen LogP contribution is -2.16. The van der Waals surface area contributed by atoms with E-state index in [0.717, 1.165) is 24.2 Å². The predicted octanol–water partition coefficient (Wildman–Crippen LogP) is 3.94. The number of hydrogen-bond donors (Lipinski definition) is 1. The van der Waals surface area contributed by atoms with Crippen molar-refractivity contribution in [3.8, 4) is 5.69 Å². The van der Waals surface area contributed by atoms with Gasteiger partial charge in [0.25, 0.3) is 0 Å². The van der Waals surface area contributed by atoms with Crippen molar-refractivity contribution in [3.05, 3.63) is 48.0 Å². The molecular weight excluding hydrogens is 279 g/mol. The average Bonchev–Trinajstić information content (AvgIpc) is 2.86. The largest absolute Gasteiger partial charge is 0.416 e. The summed E-state index contributed by atoms with van der Waals surface area (Å²) in [5.41, 5.74) is 6.88. The van der Waals surface area contributed by atoms with Crippen LogP contribution in [0.3, 0.4) is 0 Å². The van der Waals surface area contributed by atoms with E-state index in [1.165, 1.54) is 12.1 Å². The highest BCUT2D eigenvalue weighted by molar-refractivity contribution is 5.37. The molecule has 6 heteroatoms. The van der Waals surface area contributed by atoms with E-state index in [9.17, 15) is 13.2 Å². The number of benzene rings is 1. The van der Waals surface area contributed by atoms with Gasteiger partial charge in [-0.25, -0.2) is 4.98 Å². The molecule has 2 rings (SSSR count). The number of rotatable bonds is 4. The molecule has 1 aromatic carbocycles. The molecule has 0 aliphatic heterocycles. The van der Waals surface area contributed by atoms with E-state index in [4.69, 9.17) is 5.73 Å². The van der Waals surface area contributed by atoms with Crippen LogP contribution in [0.2, 0.25) is 0 Å². The molecule has 0 fully saturated rings. The Morgan fingerprint density at radius 1 is 1.19 bits per heavy atom. The lowest BCUT2D eigenvalue weighted by Gasteiger charge is -2.17. The minimum Gasteiger partial charge on any atom is -0.323 e. The van der Waals surface area contributed by atoms with Gasteiger partial charge >= 0.3 is 6.18 Å². The van der Waals surface area contributed by atoms with Crippen molar-refractivity contribution < 1.29 is 13.2 Å². The van der Waals surface area contributed by atoms with Gasteiger partial charge in [0.15, 0.2) is 0 Å². The Bertz CT molecular complexity index is 585. The van der Waals surface area contributed by atoms with E-state index in [2.05, 4.69) is 18.8 Å². The number of alkyl halides is 3. The number of aromatic nitrogens is 2. The summed E-state index contributed by atoms with van der Waals surface area (Å²) in [5.74, 6) is 0.427. The molecule has 2 N–H and O–H groups in total. The molecule has 1 atom stereocenters. The van der Waals surface area contributed by atoms with Gasteiger partial charge in [-0.05, 0) is 36.6 Å². The molecule has 0 aliphatic rings. The van der Waals surface area contributed by atoms with Crippen LogP contribution >= 0.6 is 0 Å². The fraction of sp³-hybridized carbons (Fsp3) is 0.400. The van der Waals surface area contributed by atoms with Gasteiger partial charge in [-0.15, -0.1) is 0 Å². The van der Waals surface area contributed by atoms with Crippen LogP contribution in [0.1, 0.15) is 37.6 Å². The Kier molecular flexibility index (Phi) is 4.37. The predicted molar refractivity (Wildman–Crippen MR) is 74.9 cm³/mol. The third-order valence-corrected chi connectivity index (χ3v) is 3.25. The van der Waals surface area contributed by atoms with Crippen molar-refractivity contribution >= 4 is 0 Å². The smallest absolute Gasteiger partial charge is 0.323 e. The van der Waals surface area contributed by atoms with E-state index >= 15 is 0 Å². The summed E-state index contributed by atoms with van der Waals surface area (Å²) in [6, 6.07) is 4.78. The highest BCUT2D eigenvalue weighted by Gasteiger charge is 2.30. The summed E-state index contributed by atoms with van der Waals surface area (Å²) >= 11 is 0. The van der Waals surface area contributed by atoms with Gasteiger partial charge in [-0.2, -0.15) is 13.2 Å². The maximum Gasteiger partial charge on any atom is 0.416 e. The maximum absolute atomic E-state index is 12.6. The van der Waals surface area contributed by atoms with Crippen LogP contribution < -0.4 is 5.73 Å². The lowest BCUT2D eigenvalue weighted by molar-refractivity contribution is -0.137. The normalized spacial score (nSPS) is 13.7. The van der Waals surface area contributed by atoms with Crippen LogP contribution in [-0.4, -0.2) is 9.55 Å². The molecule has 0 saturated heterocycles. The Hall–Kier alpha value is -1.82. The maximum atomic E-state index is 12.6. The fourth-order valence-electron chi connectivity index (χ4n) is 2.23. The summed E-state index contributed by atoms with van der Waals surface area (Å²) < 4.78 is 39.5. The molecule has 0 amide bonds. The van der Waals surface area contributed by atoms with Gasteiger partial charge in [0.1, 0.15) is 0 Å². The van der Waals surface area contributed by atoms with Crippen molar-refractivity contribution in [1.82, 2.24) is 9.55 Å². The standard InChI is InChI=1S/C15H18F3N3/c1-10(2)7-13(19)14-8-20-9-21(14)12-5-3-11(4-6-12)15(16,17)18/h3-6,8-10,13H,7,19H2,1-2H3. The Labute approximate surface area is 121 Å². The van der Waals surface area contributed by atoms with Crippen molar-refractivity contribution in [1.29, 1.82) is 0 Å². The number of nitrogens with two attached hydrogens (primary N) is 1. The lowest BCUT2D eigenvalue weighted by atomic mass is 10.0. The zero-order valence-corrected chi connectivity index (χ0v) is 11.9. The highest BCUT2D eigenvalue weighted by atomic mass is 19.4. The topological polar surface area (TPSA) is 43.8 Å². The Morgan fingerprint density at radius 3 is 2.33 bits per heavy atom. The van der Waals surface area contributed by atoms with Gasteiger partial charge in [-0.3, -0.25) is 0 Å². The second-order valence-electron chi connectivity index (χ2n) is 5.47. The average molecular weight is 297 g/mol. The first-order valence-electron chi connectivity index (χ1n) is 6.74. The van der Waals surface area contributed by atoms with Crippen LogP contribution in [0.15, 0.2) is 36.8 Å². The molecule has 1 aromatic heterocycles. The van der Waals surface area contributed by atoms with E-state index in [1.807, 2.05) is 0 Å². The van der Waals surface area contributed by atoms with E-state index in [-0.39, 0.29) is 6.04 Å². The molecule has 21 heavy (non-hydrogen) atoms. The highest BCUT2D eigenvalue weighted by Crippen LogP contribution is 2.30. The van der Waals surface area contributed by atoms with E-state index < -0.39 is 11.7 Å². The van der Waals surface area contributed by atoms with E-state index in [1.54, 1.807) is 17.1 Å². The molecule has 0 aliphatic carbocycles. The molecule has 0 radical (unpaired) electrons. The van der Waals surface area contributed by atoms with Crippen LogP contribution in [0.4, 0.5) is 13.2 Å². The molecule has 2 aromatic rings. The first kappa shape index (κ1) is 15.6. The van der Waals surface area contributed by atoms with Crippen LogP contribution in [-0.2, 0) is 6.18 Å². The van der Waals surface area contributed by atoms with Crippen LogP contribution in [0.25, 0.3) is 5.69 Å². The van der Waals surface area contributed by atoms with Crippen LogP contribution in [0.5, 0.6) is 0 Å². The monoisotopic (exact) mass is 297 g/mol. The van der Waals surface area contributed by atoms with Gasteiger partial charge in [0.05, 0.1) is 23.8 Å². The third-order valence-electron chi connectivity index (χ3n) is 3.25. The zero-order valence-electron chi connectivity index (χ0n) is 11.9. The van der Waals surface area contributed by atoms with Crippen molar-refractivity contribution in [2.24, 2.45) is 11.7 Å². The molecule has 0 bridgehead atoms. The molecule has 1 unspecified atom stereocenters. The van der Waals surface area contributed by atoms with Gasteiger partial charge in [0, 0.05) is 11.7 Å². The Balaban J connectivity index is 2.29. The van der Waals surface area contributed by atoms with Crippen molar-refractivity contribution in [2.75, 3.05) is 0 Å². The molecule has 0 spiro atoms. The van der Waals surface area contributed by atoms with Gasteiger partial charge < -0.3 is 10.3 Å². The van der Waals surface area contributed by atoms with Gasteiger partial charge in [-0.1, -0.05) is 13.8 Å². The molecule has 1 heterocycles. The molecule has 3 nitrogen and oxygen atoms in total. The summed E-state index contributed by atoms with van der Waals surface area (Å²) in [6.45, 7) is 4.14. The summed E-state index contributed by atoms with van der Waals surface area (Å²) in [6.07, 6.45) is -0.320. The summed E-state index contributed by atoms with van der Waals surface area (Å²) in [5, 5.41) is 0. The second kappa shape index (κ2) is 5.89. The third kappa shape index (κ3) is 3.64. The van der Waals surface area contributed by atoms with Crippen molar-refractivity contribution in [2.45, 2.75) is 32.5 Å². The quantitative estimate of drug-likeness (QED) is 0.929. The van der Waals surface area contributed by atoms with Gasteiger partial charge in [0.2, 0.25) is 0 Å². The molecule has 0 saturated carbocycles. The fourth-order valence-corrected chi connectivity index (χ4v) is 2.23. The number of nitrogens with zero attached hydrogens (tertiary/aromatic N) is 2. The second-order valence-corrected chi connectivity index (χ2v) is 5.47.